The Morgan fingerprint density at radius 3 is 2.26 bits per heavy atom. The van der Waals surface area contributed by atoms with Crippen LogP contribution in [0.2, 0.25) is 10.0 Å². The van der Waals surface area contributed by atoms with Crippen molar-refractivity contribution >= 4 is 40.9 Å². The second-order valence-corrected chi connectivity index (χ2v) is 11.3. The van der Waals surface area contributed by atoms with E-state index in [4.69, 9.17) is 46.9 Å². The number of benzene rings is 1. The molecule has 1 aromatic heterocycles. The SMILES string of the molecule is CCC(CC)[C@H](Oc1ccc(Cl)cc1Cl)[C@H](C)OC(=O)[C@@H](CC(=O)c1nccc(OC)c1OCOC(C)=O)CC(C)C. The van der Waals surface area contributed by atoms with Crippen molar-refractivity contribution in [1.29, 1.82) is 0 Å². The molecule has 0 amide bonds. The largest absolute Gasteiger partial charge is 0.493 e. The molecule has 1 heterocycles. The number of halogens is 2. The van der Waals surface area contributed by atoms with E-state index in [1.54, 1.807) is 25.1 Å². The standard InChI is InChI=1S/C31H41Cl2NO8/c1-8-21(9-2)29(42-26-11-10-23(32)16-24(26)33)19(5)41-31(37)22(14-18(3)4)15-25(36)28-30(40-17-39-20(6)35)27(38-7)12-13-34-28/h10-13,16,18-19,21-22,29H,8-9,14-15,17H2,1-7H3/t19-,22+,29+/m0/s1. The van der Waals surface area contributed by atoms with Crippen LogP contribution in [0.4, 0.5) is 0 Å². The van der Waals surface area contributed by atoms with Crippen molar-refractivity contribution in [1.82, 2.24) is 4.98 Å². The average molecular weight is 627 g/mol. The fraction of sp³-hybridized carbons (Fsp3) is 0.548. The number of carbonyl (C=O) groups excluding carboxylic acids is 3. The summed E-state index contributed by atoms with van der Waals surface area (Å²) in [6, 6.07) is 6.49. The molecule has 0 saturated carbocycles. The molecule has 232 valence electrons. The number of rotatable bonds is 17. The third-order valence-corrected chi connectivity index (χ3v) is 7.30. The number of aromatic nitrogens is 1. The van der Waals surface area contributed by atoms with Gasteiger partial charge in [0, 0.05) is 30.6 Å². The molecule has 0 radical (unpaired) electrons. The van der Waals surface area contributed by atoms with Gasteiger partial charge >= 0.3 is 11.9 Å². The van der Waals surface area contributed by atoms with E-state index in [0.29, 0.717) is 22.2 Å². The third-order valence-electron chi connectivity index (χ3n) is 6.77. The lowest BCUT2D eigenvalue weighted by Crippen LogP contribution is -2.41. The van der Waals surface area contributed by atoms with Gasteiger partial charge < -0.3 is 23.7 Å². The topological polar surface area (TPSA) is 110 Å². The molecule has 0 saturated heterocycles. The monoisotopic (exact) mass is 625 g/mol. The Morgan fingerprint density at radius 1 is 1.00 bits per heavy atom. The number of nitrogens with zero attached hydrogens (tertiary/aromatic N) is 1. The first kappa shape index (κ1) is 35.2. The first-order valence-corrected chi connectivity index (χ1v) is 14.8. The Hall–Kier alpha value is -3.04. The molecule has 0 aliphatic heterocycles. The van der Waals surface area contributed by atoms with Gasteiger partial charge in [-0.2, -0.15) is 0 Å². The molecule has 3 atom stereocenters. The van der Waals surface area contributed by atoms with E-state index in [9.17, 15) is 14.4 Å². The van der Waals surface area contributed by atoms with Crippen LogP contribution in [-0.4, -0.2) is 48.8 Å². The maximum atomic E-state index is 13.6. The van der Waals surface area contributed by atoms with Crippen LogP contribution in [0.25, 0.3) is 0 Å². The van der Waals surface area contributed by atoms with Gasteiger partial charge in [-0.1, -0.05) is 50.9 Å². The highest BCUT2D eigenvalue weighted by Gasteiger charge is 2.34. The Labute approximate surface area is 258 Å². The highest BCUT2D eigenvalue weighted by atomic mass is 35.5. The van der Waals surface area contributed by atoms with E-state index < -0.39 is 42.6 Å². The zero-order valence-corrected chi connectivity index (χ0v) is 26.8. The molecule has 9 nitrogen and oxygen atoms in total. The van der Waals surface area contributed by atoms with Gasteiger partial charge in [0.15, 0.2) is 23.0 Å². The van der Waals surface area contributed by atoms with Gasteiger partial charge in [0.2, 0.25) is 6.79 Å². The van der Waals surface area contributed by atoms with Crippen LogP contribution in [0.15, 0.2) is 30.5 Å². The average Bonchev–Trinajstić information content (AvgIpc) is 2.93. The van der Waals surface area contributed by atoms with Gasteiger partial charge in [0.25, 0.3) is 0 Å². The number of hydrogen-bond acceptors (Lipinski definition) is 9. The minimum atomic E-state index is -0.754. The predicted octanol–water partition coefficient (Wildman–Crippen LogP) is 7.35. The molecule has 2 aromatic rings. The second kappa shape index (κ2) is 17.2. The number of ketones is 1. The quantitative estimate of drug-likeness (QED) is 0.101. The molecule has 0 aliphatic rings. The molecule has 0 bridgehead atoms. The fourth-order valence-corrected chi connectivity index (χ4v) is 5.10. The molecule has 2 rings (SSSR count). The molecular weight excluding hydrogens is 585 g/mol. The maximum Gasteiger partial charge on any atom is 0.309 e. The molecule has 0 unspecified atom stereocenters. The van der Waals surface area contributed by atoms with Gasteiger partial charge in [-0.25, -0.2) is 4.98 Å². The Balaban J connectivity index is 2.29. The van der Waals surface area contributed by atoms with E-state index in [-0.39, 0.29) is 35.4 Å². The van der Waals surface area contributed by atoms with Crippen LogP contribution >= 0.6 is 23.2 Å². The molecule has 0 N–H and O–H groups in total. The fourth-order valence-electron chi connectivity index (χ4n) is 4.65. The highest BCUT2D eigenvalue weighted by Crippen LogP contribution is 2.34. The summed E-state index contributed by atoms with van der Waals surface area (Å²) in [6.45, 7) is 10.6. The van der Waals surface area contributed by atoms with Crippen LogP contribution in [0.1, 0.15) is 77.7 Å². The number of hydrogen-bond donors (Lipinski definition) is 0. The Morgan fingerprint density at radius 2 is 1.69 bits per heavy atom. The number of Topliss-reactive ketones (excluding diaryl/α,β-unsaturated/α-hetero) is 1. The van der Waals surface area contributed by atoms with Crippen LogP contribution in [0.3, 0.4) is 0 Å². The van der Waals surface area contributed by atoms with Gasteiger partial charge in [-0.3, -0.25) is 14.4 Å². The lowest BCUT2D eigenvalue weighted by molar-refractivity contribution is -0.160. The summed E-state index contributed by atoms with van der Waals surface area (Å²) in [7, 11) is 1.41. The van der Waals surface area contributed by atoms with Gasteiger partial charge in [0.05, 0.1) is 18.1 Å². The maximum absolute atomic E-state index is 13.6. The first-order valence-electron chi connectivity index (χ1n) is 14.1. The van der Waals surface area contributed by atoms with E-state index in [0.717, 1.165) is 12.8 Å². The van der Waals surface area contributed by atoms with Crippen molar-refractivity contribution in [2.45, 2.75) is 79.4 Å². The lowest BCUT2D eigenvalue weighted by Gasteiger charge is -2.32. The van der Waals surface area contributed by atoms with E-state index >= 15 is 0 Å². The minimum Gasteiger partial charge on any atom is -0.493 e. The molecule has 1 aromatic carbocycles. The normalized spacial score (nSPS) is 13.3. The molecule has 0 fully saturated rings. The summed E-state index contributed by atoms with van der Waals surface area (Å²) in [5.74, 6) is -1.38. The number of carbonyl (C=O) groups is 3. The molecule has 0 spiro atoms. The number of ether oxygens (including phenoxy) is 5. The summed E-state index contributed by atoms with van der Waals surface area (Å²) in [6.07, 6.45) is 2.09. The summed E-state index contributed by atoms with van der Waals surface area (Å²) >= 11 is 12.4. The lowest BCUT2D eigenvalue weighted by atomic mass is 9.90. The summed E-state index contributed by atoms with van der Waals surface area (Å²) in [5, 5.41) is 0.843. The van der Waals surface area contributed by atoms with Crippen molar-refractivity contribution in [3.05, 3.63) is 46.2 Å². The van der Waals surface area contributed by atoms with Crippen LogP contribution < -0.4 is 14.2 Å². The van der Waals surface area contributed by atoms with E-state index in [1.807, 2.05) is 27.7 Å². The number of pyridine rings is 1. The van der Waals surface area contributed by atoms with Crippen LogP contribution in [0, 0.1) is 17.8 Å². The van der Waals surface area contributed by atoms with Crippen molar-refractivity contribution in [3.63, 3.8) is 0 Å². The second-order valence-electron chi connectivity index (χ2n) is 10.4. The van der Waals surface area contributed by atoms with Crippen molar-refractivity contribution in [2.75, 3.05) is 13.9 Å². The minimum absolute atomic E-state index is 0.0262. The van der Waals surface area contributed by atoms with E-state index in [1.165, 1.54) is 26.3 Å². The molecule has 11 heteroatoms. The Bertz CT molecular complexity index is 1200. The third kappa shape index (κ3) is 10.3. The van der Waals surface area contributed by atoms with Gasteiger partial charge in [-0.05, 0) is 56.2 Å². The van der Waals surface area contributed by atoms with Crippen LogP contribution in [0.5, 0.6) is 17.2 Å². The highest BCUT2D eigenvalue weighted by molar-refractivity contribution is 6.35. The van der Waals surface area contributed by atoms with E-state index in [2.05, 4.69) is 4.98 Å². The molecule has 42 heavy (non-hydrogen) atoms. The first-order chi connectivity index (χ1) is 19.9. The summed E-state index contributed by atoms with van der Waals surface area (Å²) in [5.41, 5.74) is -0.0354. The van der Waals surface area contributed by atoms with Gasteiger partial charge in [0.1, 0.15) is 18.0 Å². The van der Waals surface area contributed by atoms with Crippen molar-refractivity contribution in [3.8, 4) is 17.2 Å². The van der Waals surface area contributed by atoms with Crippen LogP contribution in [-0.2, 0) is 19.1 Å². The summed E-state index contributed by atoms with van der Waals surface area (Å²) < 4.78 is 28.0. The van der Waals surface area contributed by atoms with Crippen molar-refractivity contribution < 1.29 is 38.1 Å². The summed E-state index contributed by atoms with van der Waals surface area (Å²) in [4.78, 5) is 42.4. The number of methoxy groups -OCH3 is 1. The number of esters is 2. The Kier molecular flexibility index (Phi) is 14.4. The smallest absolute Gasteiger partial charge is 0.309 e. The van der Waals surface area contributed by atoms with Gasteiger partial charge in [-0.15, -0.1) is 0 Å². The molecular formula is C31H41Cl2NO8. The predicted molar refractivity (Wildman–Crippen MR) is 160 cm³/mol. The zero-order valence-electron chi connectivity index (χ0n) is 25.3. The zero-order chi connectivity index (χ0) is 31.4. The van der Waals surface area contributed by atoms with Crippen molar-refractivity contribution in [2.24, 2.45) is 17.8 Å². The molecule has 0 aliphatic carbocycles.